The fourth-order valence-corrected chi connectivity index (χ4v) is 4.24. The van der Waals surface area contributed by atoms with Crippen molar-refractivity contribution in [2.75, 3.05) is 12.4 Å². The zero-order valence-corrected chi connectivity index (χ0v) is 19.3. The summed E-state index contributed by atoms with van der Waals surface area (Å²) in [5, 5.41) is 3.32. The van der Waals surface area contributed by atoms with Gasteiger partial charge in [-0.1, -0.05) is 17.4 Å². The van der Waals surface area contributed by atoms with Crippen molar-refractivity contribution in [3.05, 3.63) is 59.4 Å². The van der Waals surface area contributed by atoms with Gasteiger partial charge in [-0.25, -0.2) is 9.97 Å². The van der Waals surface area contributed by atoms with Crippen LogP contribution in [0.4, 0.5) is 5.13 Å². The number of carbonyl (C=O) groups excluding carboxylic acids is 1. The van der Waals surface area contributed by atoms with Crippen LogP contribution >= 0.6 is 11.3 Å². The van der Waals surface area contributed by atoms with Gasteiger partial charge in [0.25, 0.3) is 5.91 Å². The molecule has 0 bridgehead atoms. The van der Waals surface area contributed by atoms with E-state index in [-0.39, 0.29) is 5.91 Å². The van der Waals surface area contributed by atoms with Gasteiger partial charge < -0.3 is 4.74 Å². The van der Waals surface area contributed by atoms with Gasteiger partial charge in [-0.15, -0.1) is 0 Å². The van der Waals surface area contributed by atoms with E-state index in [0.717, 1.165) is 22.6 Å². The molecule has 9 heteroatoms. The Bertz CT molecular complexity index is 1390. The van der Waals surface area contributed by atoms with Crippen molar-refractivity contribution in [3.63, 3.8) is 0 Å². The predicted octanol–water partition coefficient (Wildman–Crippen LogP) is 4.84. The number of carbonyl (C=O) groups is 1. The number of allylic oxidation sites excluding steroid dienone is 1. The summed E-state index contributed by atoms with van der Waals surface area (Å²) in [4.78, 5) is 36.0. The van der Waals surface area contributed by atoms with Gasteiger partial charge in [0.1, 0.15) is 5.75 Å². The van der Waals surface area contributed by atoms with Crippen molar-refractivity contribution in [1.29, 1.82) is 0 Å². The first-order chi connectivity index (χ1) is 16.0. The maximum Gasteiger partial charge on any atom is 0.259 e. The van der Waals surface area contributed by atoms with E-state index in [1.54, 1.807) is 25.7 Å². The summed E-state index contributed by atoms with van der Waals surface area (Å²) >= 11 is 1.29. The number of aryl methyl sites for hydroxylation is 2. The van der Waals surface area contributed by atoms with Crippen molar-refractivity contribution in [2.24, 2.45) is 5.92 Å². The monoisotopic (exact) mass is 458 g/mol. The Morgan fingerprint density at radius 3 is 2.58 bits per heavy atom. The second-order valence-corrected chi connectivity index (χ2v) is 8.97. The number of amides is 1. The van der Waals surface area contributed by atoms with E-state index in [9.17, 15) is 4.79 Å². The summed E-state index contributed by atoms with van der Waals surface area (Å²) in [6.07, 6.45) is 11.6. The van der Waals surface area contributed by atoms with Crippen LogP contribution in [0.15, 0.2) is 36.8 Å². The third-order valence-corrected chi connectivity index (χ3v) is 6.18. The van der Waals surface area contributed by atoms with Gasteiger partial charge in [-0.05, 0) is 50.8 Å². The Morgan fingerprint density at radius 1 is 1.06 bits per heavy atom. The molecule has 5 rings (SSSR count). The van der Waals surface area contributed by atoms with Gasteiger partial charge in [0, 0.05) is 28.7 Å². The van der Waals surface area contributed by atoms with Crippen molar-refractivity contribution >= 4 is 38.9 Å². The molecule has 0 saturated heterocycles. The zero-order chi connectivity index (χ0) is 22.9. The molecule has 4 heterocycles. The van der Waals surface area contributed by atoms with Crippen molar-refractivity contribution in [2.45, 2.75) is 26.7 Å². The molecule has 0 radical (unpaired) electrons. The first-order valence-corrected chi connectivity index (χ1v) is 11.4. The predicted molar refractivity (Wildman–Crippen MR) is 128 cm³/mol. The molecule has 0 aliphatic heterocycles. The lowest BCUT2D eigenvalue weighted by Crippen LogP contribution is -2.14. The van der Waals surface area contributed by atoms with Gasteiger partial charge in [0.05, 0.1) is 30.8 Å². The Morgan fingerprint density at radius 2 is 1.82 bits per heavy atom. The first kappa shape index (κ1) is 21.1. The molecular formula is C24H22N6O2S. The van der Waals surface area contributed by atoms with E-state index < -0.39 is 0 Å². The number of nitrogens with zero attached hydrogens (tertiary/aromatic N) is 5. The Labute approximate surface area is 194 Å². The summed E-state index contributed by atoms with van der Waals surface area (Å²) in [7, 11) is 1.58. The summed E-state index contributed by atoms with van der Waals surface area (Å²) in [5.74, 6) is 0.932. The number of rotatable bonds is 6. The molecular weight excluding hydrogens is 436 g/mol. The van der Waals surface area contributed by atoms with Crippen LogP contribution < -0.4 is 10.1 Å². The lowest BCUT2D eigenvalue weighted by atomic mass is 9.99. The normalized spacial score (nSPS) is 13.5. The lowest BCUT2D eigenvalue weighted by Gasteiger charge is -2.13. The summed E-state index contributed by atoms with van der Waals surface area (Å²) < 4.78 is 5.49. The number of aromatic nitrogens is 5. The molecule has 0 spiro atoms. The van der Waals surface area contributed by atoms with Crippen LogP contribution in [0.1, 0.15) is 40.3 Å². The maximum absolute atomic E-state index is 13.2. The number of ether oxygens (including phenoxy) is 1. The number of pyridine rings is 2. The molecule has 8 nitrogen and oxygen atoms in total. The molecule has 33 heavy (non-hydrogen) atoms. The molecule has 1 aliphatic carbocycles. The molecule has 4 aromatic rings. The second-order valence-electron chi connectivity index (χ2n) is 7.99. The van der Waals surface area contributed by atoms with Gasteiger partial charge in [0.2, 0.25) is 0 Å². The average molecular weight is 459 g/mol. The summed E-state index contributed by atoms with van der Waals surface area (Å²) in [6.45, 7) is 3.78. The third kappa shape index (κ3) is 4.58. The molecule has 4 aromatic heterocycles. The molecule has 1 N–H and O–H groups in total. The molecule has 1 amide bonds. The quantitative estimate of drug-likeness (QED) is 0.441. The zero-order valence-electron chi connectivity index (χ0n) is 18.5. The third-order valence-electron chi connectivity index (χ3n) is 5.32. The topological polar surface area (TPSA) is 103 Å². The molecule has 1 aliphatic rings. The Hall–Kier alpha value is -3.72. The van der Waals surface area contributed by atoms with Crippen LogP contribution in [-0.4, -0.2) is 37.9 Å². The van der Waals surface area contributed by atoms with E-state index >= 15 is 0 Å². The van der Waals surface area contributed by atoms with Gasteiger partial charge >= 0.3 is 0 Å². The van der Waals surface area contributed by atoms with Crippen LogP contribution in [0.3, 0.4) is 0 Å². The van der Waals surface area contributed by atoms with E-state index in [1.807, 2.05) is 32.1 Å². The number of anilines is 1. The standard InChI is InChI=1S/C24H22N6O2S/c1-13-8-17(18-9-14(2)26-12-20(18)32-3)19(11-25-13)22(31)30-24-29-21-23(33-24)28-16(10-27-21)7-6-15-4-5-15/h6-12,15H,4-5H2,1-3H3,(H,27,29,30,31)/b7-6+. The lowest BCUT2D eigenvalue weighted by molar-refractivity contribution is 0.102. The molecule has 166 valence electrons. The number of nitrogens with one attached hydrogen (secondary N) is 1. The van der Waals surface area contributed by atoms with Crippen LogP contribution in [0.5, 0.6) is 5.75 Å². The molecule has 1 fully saturated rings. The highest BCUT2D eigenvalue weighted by atomic mass is 32.1. The van der Waals surface area contributed by atoms with Crippen molar-refractivity contribution < 1.29 is 9.53 Å². The first-order valence-electron chi connectivity index (χ1n) is 10.6. The summed E-state index contributed by atoms with van der Waals surface area (Å²) in [5.41, 5.74) is 4.82. The molecule has 1 saturated carbocycles. The van der Waals surface area contributed by atoms with Crippen LogP contribution in [0.2, 0.25) is 0 Å². The molecule has 0 aromatic carbocycles. The molecule has 0 unspecified atom stereocenters. The highest BCUT2D eigenvalue weighted by molar-refractivity contribution is 7.21. The minimum atomic E-state index is -0.318. The van der Waals surface area contributed by atoms with Gasteiger partial charge in [0.15, 0.2) is 15.6 Å². The largest absolute Gasteiger partial charge is 0.494 e. The highest BCUT2D eigenvalue weighted by Gasteiger charge is 2.20. The van der Waals surface area contributed by atoms with E-state index in [1.165, 1.54) is 24.2 Å². The Kier molecular flexibility index (Phi) is 5.55. The fourth-order valence-electron chi connectivity index (χ4n) is 3.44. The highest BCUT2D eigenvalue weighted by Crippen LogP contribution is 2.34. The smallest absolute Gasteiger partial charge is 0.259 e. The van der Waals surface area contributed by atoms with Crippen LogP contribution in [0, 0.1) is 19.8 Å². The van der Waals surface area contributed by atoms with E-state index in [4.69, 9.17) is 4.74 Å². The van der Waals surface area contributed by atoms with Gasteiger partial charge in [-0.2, -0.15) is 4.98 Å². The van der Waals surface area contributed by atoms with Crippen molar-refractivity contribution in [3.8, 4) is 16.9 Å². The minimum Gasteiger partial charge on any atom is -0.494 e. The van der Waals surface area contributed by atoms with E-state index in [2.05, 4.69) is 36.3 Å². The van der Waals surface area contributed by atoms with Gasteiger partial charge in [-0.3, -0.25) is 20.1 Å². The second kappa shape index (κ2) is 8.67. The number of hydrogen-bond donors (Lipinski definition) is 1. The molecule has 0 atom stereocenters. The van der Waals surface area contributed by atoms with Crippen LogP contribution in [-0.2, 0) is 0 Å². The summed E-state index contributed by atoms with van der Waals surface area (Å²) in [6, 6.07) is 3.76. The van der Waals surface area contributed by atoms with E-state index in [0.29, 0.717) is 38.4 Å². The van der Waals surface area contributed by atoms with Crippen molar-refractivity contribution in [1.82, 2.24) is 24.9 Å². The number of fused-ring (bicyclic) bond motifs is 1. The maximum atomic E-state index is 13.2. The number of thiazole rings is 1. The average Bonchev–Trinajstić information content (AvgIpc) is 3.55. The minimum absolute atomic E-state index is 0.318. The van der Waals surface area contributed by atoms with Crippen LogP contribution in [0.25, 0.3) is 27.7 Å². The SMILES string of the molecule is COc1cnc(C)cc1-c1cc(C)ncc1C(=O)Nc1nc2ncc(/C=C/C3CC3)nc2s1. The Balaban J connectivity index is 1.45. The number of hydrogen-bond acceptors (Lipinski definition) is 8. The fraction of sp³-hybridized carbons (Fsp3) is 0.250. The number of methoxy groups -OCH3 is 1.